The quantitative estimate of drug-likeness (QED) is 0.811. The Hall–Kier alpha value is -1.23. The second-order valence-corrected chi connectivity index (χ2v) is 6.35. The smallest absolute Gasteiger partial charge is 0.394 e. The molecular weight excluding hydrogens is 331 g/mol. The highest BCUT2D eigenvalue weighted by molar-refractivity contribution is 5.06. The minimum Gasteiger partial charge on any atom is -0.394 e. The van der Waals surface area contributed by atoms with Gasteiger partial charge in [-0.25, -0.2) is 0 Å². The zero-order chi connectivity index (χ0) is 17.4. The van der Waals surface area contributed by atoms with E-state index in [4.69, 9.17) is 9.84 Å². The maximum Gasteiger partial charge on any atom is 0.455 e. The van der Waals surface area contributed by atoms with Gasteiger partial charge in [0.05, 0.1) is 32.0 Å². The Morgan fingerprint density at radius 1 is 1.33 bits per heavy atom. The number of aliphatic hydroxyl groups excluding tert-OH is 2. The maximum atomic E-state index is 12.5. The highest BCUT2D eigenvalue weighted by atomic mass is 19.4. The van der Waals surface area contributed by atoms with Crippen LogP contribution in [-0.2, 0) is 17.5 Å². The van der Waals surface area contributed by atoms with Crippen LogP contribution in [0.15, 0.2) is 4.52 Å². The van der Waals surface area contributed by atoms with Crippen LogP contribution in [0, 0.1) is 5.41 Å². The molecule has 10 heteroatoms. The van der Waals surface area contributed by atoms with E-state index in [2.05, 4.69) is 14.7 Å². The normalized spacial score (nSPS) is 27.4. The van der Waals surface area contributed by atoms with E-state index in [0.717, 1.165) is 0 Å². The first-order valence-electron chi connectivity index (χ1n) is 7.88. The van der Waals surface area contributed by atoms with E-state index in [1.165, 1.54) is 0 Å². The lowest BCUT2D eigenvalue weighted by molar-refractivity contribution is -0.213. The van der Waals surface area contributed by atoms with Gasteiger partial charge >= 0.3 is 6.18 Å². The number of halogens is 3. The van der Waals surface area contributed by atoms with Crippen molar-refractivity contribution in [1.82, 2.24) is 15.0 Å². The molecule has 1 aliphatic carbocycles. The molecule has 1 aromatic rings. The Morgan fingerprint density at radius 3 is 2.58 bits per heavy atom. The lowest BCUT2D eigenvalue weighted by Gasteiger charge is -2.56. The molecule has 2 fully saturated rings. The van der Waals surface area contributed by atoms with Gasteiger partial charge in [0.2, 0.25) is 5.89 Å². The number of rotatable bonds is 5. The monoisotopic (exact) mass is 351 g/mol. The van der Waals surface area contributed by atoms with Gasteiger partial charge < -0.3 is 19.5 Å². The fraction of sp³-hybridized carbons (Fsp3) is 0.857. The van der Waals surface area contributed by atoms with Crippen LogP contribution in [0.4, 0.5) is 13.2 Å². The molecule has 0 unspecified atom stereocenters. The highest BCUT2D eigenvalue weighted by Crippen LogP contribution is 2.51. The predicted molar refractivity (Wildman–Crippen MR) is 73.7 cm³/mol. The van der Waals surface area contributed by atoms with Crippen molar-refractivity contribution in [3.05, 3.63) is 11.7 Å². The molecule has 2 N–H and O–H groups in total. The molecule has 0 aromatic carbocycles. The minimum absolute atomic E-state index is 0.0620. The van der Waals surface area contributed by atoms with Crippen molar-refractivity contribution < 1.29 is 32.6 Å². The third kappa shape index (κ3) is 3.28. The van der Waals surface area contributed by atoms with Crippen molar-refractivity contribution in [3.8, 4) is 0 Å². The van der Waals surface area contributed by atoms with E-state index in [9.17, 15) is 18.3 Å². The number of alkyl halides is 3. The van der Waals surface area contributed by atoms with Crippen molar-refractivity contribution in [2.75, 3.05) is 26.3 Å². The topological polar surface area (TPSA) is 91.8 Å². The van der Waals surface area contributed by atoms with Crippen LogP contribution in [0.1, 0.15) is 31.0 Å². The molecule has 3 rings (SSSR count). The van der Waals surface area contributed by atoms with Gasteiger partial charge in [0, 0.05) is 11.8 Å². The first kappa shape index (κ1) is 17.6. The number of hydrogen-bond acceptors (Lipinski definition) is 7. The number of hydrogen-bond donors (Lipinski definition) is 2. The Balaban J connectivity index is 1.54. The molecule has 1 aliphatic heterocycles. The van der Waals surface area contributed by atoms with Crippen LogP contribution < -0.4 is 0 Å². The Bertz CT molecular complexity index is 558. The van der Waals surface area contributed by atoms with E-state index in [0.29, 0.717) is 32.4 Å². The summed E-state index contributed by atoms with van der Waals surface area (Å²) in [5.74, 6) is -1.33. The Kier molecular flexibility index (Phi) is 4.82. The average Bonchev–Trinajstić information content (AvgIpc) is 3.01. The third-order valence-corrected chi connectivity index (χ3v) is 5.02. The summed E-state index contributed by atoms with van der Waals surface area (Å²) >= 11 is 0. The maximum absolute atomic E-state index is 12.5. The molecule has 1 aromatic heterocycles. The third-order valence-electron chi connectivity index (χ3n) is 5.02. The fourth-order valence-electron chi connectivity index (χ4n) is 3.56. The molecule has 2 aliphatic rings. The lowest BCUT2D eigenvalue weighted by Crippen LogP contribution is -2.62. The number of ether oxygens (including phenoxy) is 1. The van der Waals surface area contributed by atoms with Gasteiger partial charge in [-0.15, -0.1) is 0 Å². The lowest BCUT2D eigenvalue weighted by atomic mass is 9.58. The highest BCUT2D eigenvalue weighted by Gasteiger charge is 2.56. The van der Waals surface area contributed by atoms with Crippen LogP contribution in [0.25, 0.3) is 0 Å². The van der Waals surface area contributed by atoms with Crippen molar-refractivity contribution >= 4 is 0 Å². The number of aromatic nitrogens is 2. The van der Waals surface area contributed by atoms with Crippen molar-refractivity contribution in [2.24, 2.45) is 5.41 Å². The van der Waals surface area contributed by atoms with E-state index in [1.54, 1.807) is 0 Å². The van der Waals surface area contributed by atoms with Crippen LogP contribution in [0.2, 0.25) is 0 Å². The van der Waals surface area contributed by atoms with E-state index < -0.39 is 18.1 Å². The van der Waals surface area contributed by atoms with Crippen molar-refractivity contribution in [2.45, 2.75) is 44.2 Å². The summed E-state index contributed by atoms with van der Waals surface area (Å²) in [6.45, 7) is 1.52. The van der Waals surface area contributed by atoms with Gasteiger partial charge in [-0.05, 0) is 25.9 Å². The molecule has 24 heavy (non-hydrogen) atoms. The van der Waals surface area contributed by atoms with Gasteiger partial charge in [0.1, 0.15) is 0 Å². The summed E-state index contributed by atoms with van der Waals surface area (Å²) in [5.41, 5.74) is -0.322. The predicted octanol–water partition coefficient (Wildman–Crippen LogP) is 0.813. The summed E-state index contributed by atoms with van der Waals surface area (Å²) in [7, 11) is 0. The molecule has 1 spiro atoms. The zero-order valence-electron chi connectivity index (χ0n) is 13.0. The fourth-order valence-corrected chi connectivity index (χ4v) is 3.56. The summed E-state index contributed by atoms with van der Waals surface area (Å²) in [5, 5.41) is 21.9. The first-order valence-corrected chi connectivity index (χ1v) is 7.88. The Labute approximate surface area is 136 Å². The molecule has 136 valence electrons. The first-order chi connectivity index (χ1) is 11.3. The van der Waals surface area contributed by atoms with Gasteiger partial charge in [0.15, 0.2) is 0 Å². The van der Waals surface area contributed by atoms with Crippen LogP contribution in [-0.4, -0.2) is 63.8 Å². The number of piperidine rings is 1. The molecule has 1 saturated heterocycles. The summed E-state index contributed by atoms with van der Waals surface area (Å²) in [6.07, 6.45) is -3.24. The summed E-state index contributed by atoms with van der Waals surface area (Å²) in [6, 6.07) is 0. The Morgan fingerprint density at radius 2 is 2.04 bits per heavy atom. The molecule has 0 bridgehead atoms. The number of nitrogens with zero attached hydrogens (tertiary/aromatic N) is 3. The molecule has 2 atom stereocenters. The van der Waals surface area contributed by atoms with E-state index in [1.807, 2.05) is 4.90 Å². The standard InChI is InChI=1S/C14H20F3N3O4/c15-14(16,17)12-18-11(24-19-12)8-20-3-1-13(2-4-20)9(22)7-10(13)23-6-5-21/h9-10,21-22H,1-8H2/t9-,10+/m1/s1. The SMILES string of the molecule is OCCO[C@H]1C[C@@H](O)C12CCN(Cc1nc(C(F)(F)F)no1)CC2. The average molecular weight is 351 g/mol. The molecule has 7 nitrogen and oxygen atoms in total. The van der Waals surface area contributed by atoms with E-state index in [-0.39, 0.29) is 37.2 Å². The zero-order valence-corrected chi connectivity index (χ0v) is 13.0. The second kappa shape index (κ2) is 6.58. The molecule has 1 saturated carbocycles. The largest absolute Gasteiger partial charge is 0.455 e. The van der Waals surface area contributed by atoms with E-state index >= 15 is 0 Å². The summed E-state index contributed by atoms with van der Waals surface area (Å²) in [4.78, 5) is 5.29. The number of likely N-dealkylation sites (tertiary alicyclic amines) is 1. The van der Waals surface area contributed by atoms with Gasteiger partial charge in [0.25, 0.3) is 5.82 Å². The molecule has 2 heterocycles. The van der Waals surface area contributed by atoms with Gasteiger partial charge in [-0.1, -0.05) is 5.16 Å². The number of aliphatic hydroxyl groups is 2. The van der Waals surface area contributed by atoms with Crippen LogP contribution in [0.3, 0.4) is 0 Å². The molecule has 0 amide bonds. The second-order valence-electron chi connectivity index (χ2n) is 6.35. The molecular formula is C14H20F3N3O4. The van der Waals surface area contributed by atoms with Crippen LogP contribution in [0.5, 0.6) is 0 Å². The summed E-state index contributed by atoms with van der Waals surface area (Å²) < 4.78 is 47.6. The molecule has 0 radical (unpaired) electrons. The van der Waals surface area contributed by atoms with Gasteiger partial charge in [-0.3, -0.25) is 4.90 Å². The minimum atomic E-state index is -4.61. The van der Waals surface area contributed by atoms with Crippen molar-refractivity contribution in [3.63, 3.8) is 0 Å². The van der Waals surface area contributed by atoms with Gasteiger partial charge in [-0.2, -0.15) is 18.2 Å². The van der Waals surface area contributed by atoms with Crippen LogP contribution >= 0.6 is 0 Å². The van der Waals surface area contributed by atoms with Crippen molar-refractivity contribution in [1.29, 1.82) is 0 Å².